The summed E-state index contributed by atoms with van der Waals surface area (Å²) in [6, 6.07) is 9.16. The standard InChI is InChI=1S/C33H33F7N4O2/c34-26-7-2-1-6-25(26)30-29-27(19-28(41-30)43-13-8-24(9-14-43)42-10-3-4-11-42)46-15-5-12-44(31(29)45)20-21-16-22(32(35,36)37)18-23(17-21)33(38,39)40/h1-2,6-7,16-19,24H,3-5,8-15,20H2. The van der Waals surface area contributed by atoms with Crippen LogP contribution in [0.1, 0.15) is 59.2 Å². The highest BCUT2D eigenvalue weighted by molar-refractivity contribution is 6.03. The summed E-state index contributed by atoms with van der Waals surface area (Å²) in [4.78, 5) is 24.7. The molecule has 46 heavy (non-hydrogen) atoms. The lowest BCUT2D eigenvalue weighted by atomic mass is 10.00. The summed E-state index contributed by atoms with van der Waals surface area (Å²) in [6.45, 7) is 3.13. The number of carbonyl (C=O) groups is 1. The second-order valence-electron chi connectivity index (χ2n) is 12.0. The number of carbonyl (C=O) groups excluding carboxylic acids is 1. The van der Waals surface area contributed by atoms with Gasteiger partial charge in [-0.15, -0.1) is 0 Å². The van der Waals surface area contributed by atoms with E-state index in [1.165, 1.54) is 35.9 Å². The molecule has 246 valence electrons. The summed E-state index contributed by atoms with van der Waals surface area (Å²) < 4.78 is 103. The Labute approximate surface area is 261 Å². The van der Waals surface area contributed by atoms with Crippen LogP contribution in [0.5, 0.6) is 5.75 Å². The molecule has 1 aromatic heterocycles. The molecule has 6 nitrogen and oxygen atoms in total. The Kier molecular flexibility index (Phi) is 8.88. The first-order valence-corrected chi connectivity index (χ1v) is 15.4. The van der Waals surface area contributed by atoms with Gasteiger partial charge in [0.15, 0.2) is 0 Å². The fourth-order valence-corrected chi connectivity index (χ4v) is 6.59. The van der Waals surface area contributed by atoms with E-state index in [0.29, 0.717) is 37.1 Å². The van der Waals surface area contributed by atoms with Crippen molar-refractivity contribution < 1.29 is 40.3 Å². The van der Waals surface area contributed by atoms with Crippen LogP contribution in [0.3, 0.4) is 0 Å². The predicted molar refractivity (Wildman–Crippen MR) is 157 cm³/mol. The molecule has 3 aliphatic heterocycles. The van der Waals surface area contributed by atoms with Crippen molar-refractivity contribution in [2.24, 2.45) is 0 Å². The van der Waals surface area contributed by atoms with Gasteiger partial charge in [-0.05, 0) is 81.1 Å². The number of aromatic nitrogens is 1. The van der Waals surface area contributed by atoms with Gasteiger partial charge in [0.25, 0.3) is 5.91 Å². The molecule has 1 amide bonds. The lowest BCUT2D eigenvalue weighted by Crippen LogP contribution is -2.44. The molecule has 2 aromatic carbocycles. The largest absolute Gasteiger partial charge is 0.492 e. The van der Waals surface area contributed by atoms with E-state index in [4.69, 9.17) is 9.72 Å². The van der Waals surface area contributed by atoms with Crippen molar-refractivity contribution in [3.05, 3.63) is 76.6 Å². The van der Waals surface area contributed by atoms with E-state index in [2.05, 4.69) is 9.80 Å². The summed E-state index contributed by atoms with van der Waals surface area (Å²) in [7, 11) is 0. The van der Waals surface area contributed by atoms with Crippen molar-refractivity contribution in [2.75, 3.05) is 44.2 Å². The average Bonchev–Trinajstić information content (AvgIpc) is 3.56. The smallest absolute Gasteiger partial charge is 0.416 e. The molecule has 3 aromatic rings. The lowest BCUT2D eigenvalue weighted by molar-refractivity contribution is -0.143. The minimum absolute atomic E-state index is 0.00388. The number of rotatable bonds is 5. The van der Waals surface area contributed by atoms with Gasteiger partial charge in [0.1, 0.15) is 22.9 Å². The highest BCUT2D eigenvalue weighted by Gasteiger charge is 2.38. The number of pyridine rings is 1. The number of nitrogens with zero attached hydrogens (tertiary/aromatic N) is 4. The Morgan fingerprint density at radius 2 is 1.48 bits per heavy atom. The highest BCUT2D eigenvalue weighted by atomic mass is 19.4. The van der Waals surface area contributed by atoms with Crippen LogP contribution in [0.25, 0.3) is 11.3 Å². The Morgan fingerprint density at radius 1 is 0.826 bits per heavy atom. The lowest BCUT2D eigenvalue weighted by Gasteiger charge is -2.37. The SMILES string of the molecule is O=C1c2c(cc(N3CCC(N4CCCC4)CC3)nc2-c2ccccc2F)OCCCN1Cc1cc(C(F)(F)F)cc(C(F)(F)F)c1. The van der Waals surface area contributed by atoms with Crippen molar-refractivity contribution >= 4 is 11.7 Å². The summed E-state index contributed by atoms with van der Waals surface area (Å²) in [6.07, 6.45) is -5.58. The third-order valence-electron chi connectivity index (χ3n) is 8.90. The highest BCUT2D eigenvalue weighted by Crippen LogP contribution is 2.39. The Bertz CT molecular complexity index is 1550. The monoisotopic (exact) mass is 650 g/mol. The molecule has 6 rings (SSSR count). The minimum Gasteiger partial charge on any atom is -0.492 e. The average molecular weight is 651 g/mol. The fraction of sp³-hybridized carbons (Fsp3) is 0.455. The third kappa shape index (κ3) is 6.79. The molecule has 0 aliphatic carbocycles. The van der Waals surface area contributed by atoms with Gasteiger partial charge in [0.2, 0.25) is 0 Å². The fourth-order valence-electron chi connectivity index (χ4n) is 6.59. The van der Waals surface area contributed by atoms with Crippen molar-refractivity contribution in [3.63, 3.8) is 0 Å². The topological polar surface area (TPSA) is 48.9 Å². The molecular weight excluding hydrogens is 617 g/mol. The number of hydrogen-bond donors (Lipinski definition) is 0. The van der Waals surface area contributed by atoms with E-state index >= 15 is 4.39 Å². The summed E-state index contributed by atoms with van der Waals surface area (Å²) in [5.74, 6) is -0.731. The first kappa shape index (κ1) is 32.1. The number of likely N-dealkylation sites (tertiary alicyclic amines) is 1. The molecule has 0 bridgehead atoms. The number of amides is 1. The van der Waals surface area contributed by atoms with Gasteiger partial charge in [0.05, 0.1) is 23.4 Å². The van der Waals surface area contributed by atoms with Crippen molar-refractivity contribution in [1.82, 2.24) is 14.8 Å². The second-order valence-corrected chi connectivity index (χ2v) is 12.0. The van der Waals surface area contributed by atoms with E-state index in [-0.39, 0.29) is 53.8 Å². The molecule has 0 unspecified atom stereocenters. The summed E-state index contributed by atoms with van der Waals surface area (Å²) in [5, 5.41) is 0. The van der Waals surface area contributed by atoms with Gasteiger partial charge in [-0.2, -0.15) is 26.3 Å². The van der Waals surface area contributed by atoms with Crippen LogP contribution in [-0.4, -0.2) is 66.1 Å². The minimum atomic E-state index is -5.03. The van der Waals surface area contributed by atoms with Crippen LogP contribution in [0.4, 0.5) is 36.6 Å². The number of ether oxygens (including phenoxy) is 1. The molecule has 0 N–H and O–H groups in total. The van der Waals surface area contributed by atoms with Crippen LogP contribution < -0.4 is 9.64 Å². The van der Waals surface area contributed by atoms with E-state index in [9.17, 15) is 31.1 Å². The number of anilines is 1. The molecule has 4 heterocycles. The Balaban J connectivity index is 1.37. The number of fused-ring (bicyclic) bond motifs is 1. The molecule has 3 aliphatic rings. The van der Waals surface area contributed by atoms with Gasteiger partial charge >= 0.3 is 12.4 Å². The number of piperidine rings is 1. The molecule has 0 atom stereocenters. The summed E-state index contributed by atoms with van der Waals surface area (Å²) >= 11 is 0. The van der Waals surface area contributed by atoms with Crippen molar-refractivity contribution in [2.45, 2.75) is 57.0 Å². The summed E-state index contributed by atoms with van der Waals surface area (Å²) in [5.41, 5.74) is -3.33. The maximum absolute atomic E-state index is 15.3. The number of benzene rings is 2. The van der Waals surface area contributed by atoms with Crippen LogP contribution >= 0.6 is 0 Å². The molecule has 13 heteroatoms. The van der Waals surface area contributed by atoms with Crippen LogP contribution in [0.2, 0.25) is 0 Å². The van der Waals surface area contributed by atoms with E-state index in [1.807, 2.05) is 0 Å². The molecule has 2 fully saturated rings. The van der Waals surface area contributed by atoms with Crippen LogP contribution in [-0.2, 0) is 18.9 Å². The maximum atomic E-state index is 15.3. The van der Waals surface area contributed by atoms with Crippen LogP contribution in [0, 0.1) is 5.82 Å². The zero-order chi connectivity index (χ0) is 32.6. The Hall–Kier alpha value is -3.87. The first-order valence-electron chi connectivity index (χ1n) is 15.4. The second kappa shape index (κ2) is 12.7. The normalized spacial score (nSPS) is 18.7. The van der Waals surface area contributed by atoms with Gasteiger partial charge in [-0.1, -0.05) is 12.1 Å². The first-order chi connectivity index (χ1) is 21.9. The molecule has 0 radical (unpaired) electrons. The molecule has 0 saturated carbocycles. The van der Waals surface area contributed by atoms with Gasteiger partial charge in [0, 0.05) is 43.9 Å². The molecule has 0 spiro atoms. The van der Waals surface area contributed by atoms with Gasteiger partial charge in [-0.3, -0.25) is 4.79 Å². The third-order valence-corrected chi connectivity index (χ3v) is 8.90. The molecular formula is C33H33F7N4O2. The molecule has 2 saturated heterocycles. The quantitative estimate of drug-likeness (QED) is 0.269. The number of hydrogen-bond acceptors (Lipinski definition) is 5. The van der Waals surface area contributed by atoms with E-state index in [1.54, 1.807) is 12.1 Å². The van der Waals surface area contributed by atoms with E-state index in [0.717, 1.165) is 25.9 Å². The van der Waals surface area contributed by atoms with Gasteiger partial charge in [-0.25, -0.2) is 9.37 Å². The zero-order valence-corrected chi connectivity index (χ0v) is 24.9. The van der Waals surface area contributed by atoms with Crippen molar-refractivity contribution in [1.29, 1.82) is 0 Å². The zero-order valence-electron chi connectivity index (χ0n) is 24.9. The predicted octanol–water partition coefficient (Wildman–Crippen LogP) is 7.41. The number of halogens is 7. The number of alkyl halides is 6. The van der Waals surface area contributed by atoms with Gasteiger partial charge < -0.3 is 19.4 Å². The van der Waals surface area contributed by atoms with Crippen LogP contribution in [0.15, 0.2) is 48.5 Å². The van der Waals surface area contributed by atoms with E-state index < -0.39 is 41.7 Å². The maximum Gasteiger partial charge on any atom is 0.416 e. The van der Waals surface area contributed by atoms with Crippen molar-refractivity contribution in [3.8, 4) is 17.0 Å². The Morgan fingerprint density at radius 3 is 2.11 bits per heavy atom.